The van der Waals surface area contributed by atoms with Crippen molar-refractivity contribution in [3.63, 3.8) is 0 Å². The summed E-state index contributed by atoms with van der Waals surface area (Å²) in [6, 6.07) is 3.74. The van der Waals surface area contributed by atoms with E-state index in [9.17, 15) is 0 Å². The second-order valence-corrected chi connectivity index (χ2v) is 4.75. The fourth-order valence-electron chi connectivity index (χ4n) is 1.73. The van der Waals surface area contributed by atoms with Gasteiger partial charge in [0.25, 0.3) is 0 Å². The SMILES string of the molecule is CCC(C)COc1c(C)cc(C(N)=NO)cc1C. The number of oxime groups is 1. The minimum atomic E-state index is 0.120. The Balaban J connectivity index is 2.95. The van der Waals surface area contributed by atoms with Gasteiger partial charge in [0.15, 0.2) is 5.84 Å². The highest BCUT2D eigenvalue weighted by molar-refractivity contribution is 5.97. The molecule has 0 saturated carbocycles. The van der Waals surface area contributed by atoms with Gasteiger partial charge in [-0.2, -0.15) is 0 Å². The van der Waals surface area contributed by atoms with Gasteiger partial charge >= 0.3 is 0 Å². The number of rotatable bonds is 5. The van der Waals surface area contributed by atoms with E-state index in [0.717, 1.165) is 23.3 Å². The molecule has 100 valence electrons. The zero-order chi connectivity index (χ0) is 13.7. The van der Waals surface area contributed by atoms with Crippen molar-refractivity contribution in [2.45, 2.75) is 34.1 Å². The first-order valence-corrected chi connectivity index (χ1v) is 6.21. The number of amidine groups is 1. The Morgan fingerprint density at radius 2 is 1.94 bits per heavy atom. The molecule has 0 amide bonds. The van der Waals surface area contributed by atoms with Crippen molar-refractivity contribution in [3.05, 3.63) is 28.8 Å². The molecule has 1 rings (SSSR count). The molecule has 0 aliphatic rings. The van der Waals surface area contributed by atoms with E-state index in [-0.39, 0.29) is 5.84 Å². The van der Waals surface area contributed by atoms with Crippen molar-refractivity contribution in [2.75, 3.05) is 6.61 Å². The topological polar surface area (TPSA) is 67.8 Å². The summed E-state index contributed by atoms with van der Waals surface area (Å²) in [6.07, 6.45) is 1.10. The minimum Gasteiger partial charge on any atom is -0.493 e. The fraction of sp³-hybridized carbons (Fsp3) is 0.500. The Morgan fingerprint density at radius 1 is 1.39 bits per heavy atom. The van der Waals surface area contributed by atoms with Crippen molar-refractivity contribution >= 4 is 5.84 Å². The van der Waals surface area contributed by atoms with Gasteiger partial charge in [-0.05, 0) is 43.0 Å². The molecule has 0 saturated heterocycles. The molecule has 0 radical (unpaired) electrons. The molecule has 1 atom stereocenters. The van der Waals surface area contributed by atoms with E-state index in [4.69, 9.17) is 15.7 Å². The largest absolute Gasteiger partial charge is 0.493 e. The number of aryl methyl sites for hydroxylation is 2. The molecule has 0 spiro atoms. The molecule has 4 heteroatoms. The van der Waals surface area contributed by atoms with Crippen molar-refractivity contribution in [3.8, 4) is 5.75 Å². The van der Waals surface area contributed by atoms with Gasteiger partial charge in [-0.25, -0.2) is 0 Å². The third-order valence-corrected chi connectivity index (χ3v) is 3.07. The van der Waals surface area contributed by atoms with Crippen LogP contribution in [0.3, 0.4) is 0 Å². The van der Waals surface area contributed by atoms with Crippen molar-refractivity contribution in [1.29, 1.82) is 0 Å². The summed E-state index contributed by atoms with van der Waals surface area (Å²) in [5.41, 5.74) is 8.30. The van der Waals surface area contributed by atoms with Gasteiger partial charge in [0.1, 0.15) is 5.75 Å². The number of benzene rings is 1. The van der Waals surface area contributed by atoms with Gasteiger partial charge in [0.2, 0.25) is 0 Å². The molecular weight excluding hydrogens is 228 g/mol. The average molecular weight is 250 g/mol. The van der Waals surface area contributed by atoms with Crippen LogP contribution < -0.4 is 10.5 Å². The van der Waals surface area contributed by atoms with Crippen LogP contribution in [0.2, 0.25) is 0 Å². The summed E-state index contributed by atoms with van der Waals surface area (Å²) in [6.45, 7) is 8.95. The maximum atomic E-state index is 8.68. The second kappa shape index (κ2) is 6.28. The molecule has 0 aromatic heterocycles. The van der Waals surface area contributed by atoms with E-state index in [1.807, 2.05) is 26.0 Å². The van der Waals surface area contributed by atoms with E-state index < -0.39 is 0 Å². The zero-order valence-electron chi connectivity index (χ0n) is 11.5. The molecular formula is C14H22N2O2. The first kappa shape index (κ1) is 14.4. The third-order valence-electron chi connectivity index (χ3n) is 3.07. The Kier molecular flexibility index (Phi) is 5.01. The molecule has 0 heterocycles. The lowest BCUT2D eigenvalue weighted by Crippen LogP contribution is -2.14. The second-order valence-electron chi connectivity index (χ2n) is 4.75. The van der Waals surface area contributed by atoms with Gasteiger partial charge in [0.05, 0.1) is 6.61 Å². The molecule has 1 unspecified atom stereocenters. The van der Waals surface area contributed by atoms with E-state index in [1.165, 1.54) is 0 Å². The highest BCUT2D eigenvalue weighted by Crippen LogP contribution is 2.25. The van der Waals surface area contributed by atoms with Crippen LogP contribution in [0.5, 0.6) is 5.75 Å². The van der Waals surface area contributed by atoms with Crippen LogP contribution in [0.4, 0.5) is 0 Å². The standard InChI is InChI=1S/C14H22N2O2/c1-5-9(2)8-18-13-10(3)6-12(7-11(13)4)14(15)16-17/h6-7,9,17H,5,8H2,1-4H3,(H2,15,16). The fourth-order valence-corrected chi connectivity index (χ4v) is 1.73. The first-order chi connectivity index (χ1) is 8.49. The van der Waals surface area contributed by atoms with Crippen LogP contribution in [0.25, 0.3) is 0 Å². The number of hydrogen-bond acceptors (Lipinski definition) is 3. The third kappa shape index (κ3) is 3.39. The molecule has 0 aliphatic carbocycles. The summed E-state index contributed by atoms with van der Waals surface area (Å²) in [5, 5.41) is 11.7. The number of nitrogens with two attached hydrogens (primary N) is 1. The molecule has 3 N–H and O–H groups in total. The predicted octanol–water partition coefficient (Wildman–Crippen LogP) is 2.82. The maximum absolute atomic E-state index is 8.68. The van der Waals surface area contributed by atoms with Gasteiger partial charge in [-0.1, -0.05) is 25.4 Å². The lowest BCUT2D eigenvalue weighted by atomic mass is 10.0. The number of hydrogen-bond donors (Lipinski definition) is 2. The Labute approximate surface area is 108 Å². The molecule has 18 heavy (non-hydrogen) atoms. The van der Waals surface area contributed by atoms with E-state index >= 15 is 0 Å². The van der Waals surface area contributed by atoms with E-state index in [1.54, 1.807) is 0 Å². The van der Waals surface area contributed by atoms with E-state index in [0.29, 0.717) is 18.1 Å². The number of ether oxygens (including phenoxy) is 1. The van der Waals surface area contributed by atoms with Crippen molar-refractivity contribution in [2.24, 2.45) is 16.8 Å². The average Bonchev–Trinajstić information content (AvgIpc) is 2.36. The Morgan fingerprint density at radius 3 is 2.39 bits per heavy atom. The van der Waals surface area contributed by atoms with Gasteiger partial charge in [-0.15, -0.1) is 0 Å². The van der Waals surface area contributed by atoms with Gasteiger partial charge in [0, 0.05) is 5.56 Å². The molecule has 0 bridgehead atoms. The summed E-state index contributed by atoms with van der Waals surface area (Å²) < 4.78 is 5.85. The zero-order valence-corrected chi connectivity index (χ0v) is 11.5. The predicted molar refractivity (Wildman–Crippen MR) is 73.4 cm³/mol. The molecule has 4 nitrogen and oxygen atoms in total. The molecule has 0 aliphatic heterocycles. The lowest BCUT2D eigenvalue weighted by Gasteiger charge is -2.16. The Bertz CT molecular complexity index is 418. The Hall–Kier alpha value is -1.71. The summed E-state index contributed by atoms with van der Waals surface area (Å²) in [7, 11) is 0. The van der Waals surface area contributed by atoms with Crippen molar-refractivity contribution < 1.29 is 9.94 Å². The summed E-state index contributed by atoms with van der Waals surface area (Å²) >= 11 is 0. The van der Waals surface area contributed by atoms with Crippen LogP contribution in [0.1, 0.15) is 37.0 Å². The highest BCUT2D eigenvalue weighted by atomic mass is 16.5. The van der Waals surface area contributed by atoms with Crippen LogP contribution in [-0.4, -0.2) is 17.6 Å². The molecule has 0 fully saturated rings. The first-order valence-electron chi connectivity index (χ1n) is 6.21. The molecule has 1 aromatic carbocycles. The number of nitrogens with zero attached hydrogens (tertiary/aromatic N) is 1. The lowest BCUT2D eigenvalue weighted by molar-refractivity contribution is 0.253. The smallest absolute Gasteiger partial charge is 0.170 e. The van der Waals surface area contributed by atoms with Crippen LogP contribution in [0, 0.1) is 19.8 Å². The maximum Gasteiger partial charge on any atom is 0.170 e. The van der Waals surface area contributed by atoms with E-state index in [2.05, 4.69) is 19.0 Å². The van der Waals surface area contributed by atoms with Gasteiger partial charge < -0.3 is 15.7 Å². The molecule has 1 aromatic rings. The van der Waals surface area contributed by atoms with Crippen molar-refractivity contribution in [1.82, 2.24) is 0 Å². The summed E-state index contributed by atoms with van der Waals surface area (Å²) in [4.78, 5) is 0. The van der Waals surface area contributed by atoms with Crippen LogP contribution >= 0.6 is 0 Å². The monoisotopic (exact) mass is 250 g/mol. The quantitative estimate of drug-likeness (QED) is 0.365. The highest BCUT2D eigenvalue weighted by Gasteiger charge is 2.10. The van der Waals surface area contributed by atoms with Crippen LogP contribution in [-0.2, 0) is 0 Å². The normalized spacial score (nSPS) is 13.4. The van der Waals surface area contributed by atoms with Gasteiger partial charge in [-0.3, -0.25) is 0 Å². The summed E-state index contributed by atoms with van der Waals surface area (Å²) in [5.74, 6) is 1.55. The van der Waals surface area contributed by atoms with Crippen LogP contribution in [0.15, 0.2) is 17.3 Å². The minimum absolute atomic E-state index is 0.120.